The first-order valence-corrected chi connectivity index (χ1v) is 18.1. The molecular weight excluding hydrogens is 515 g/mol. The van der Waals surface area contributed by atoms with Crippen molar-refractivity contribution < 1.29 is 14.0 Å². The highest BCUT2D eigenvalue weighted by molar-refractivity contribution is 7.99. The molecule has 0 aliphatic carbocycles. The third kappa shape index (κ3) is 27.0. The van der Waals surface area contributed by atoms with Gasteiger partial charge in [0.05, 0.1) is 16.3 Å². The Morgan fingerprint density at radius 2 is 0.865 bits per heavy atom. The van der Waals surface area contributed by atoms with Crippen molar-refractivity contribution in [3.63, 3.8) is 0 Å². The fraction of sp³-hybridized carbons (Fsp3) is 1.00. The molecule has 3 nitrogen and oxygen atoms in total. The summed E-state index contributed by atoms with van der Waals surface area (Å²) >= 11 is 11.0. The Morgan fingerprint density at radius 1 is 0.486 bits per heavy atom. The van der Waals surface area contributed by atoms with E-state index in [9.17, 15) is 0 Å². The third-order valence-electron chi connectivity index (χ3n) is 6.70. The van der Waals surface area contributed by atoms with Crippen LogP contribution in [0.2, 0.25) is 0 Å². The molecule has 0 bridgehead atoms. The lowest BCUT2D eigenvalue weighted by atomic mass is 10.0. The summed E-state index contributed by atoms with van der Waals surface area (Å²) < 4.78 is 18.2. The number of hydrogen-bond donors (Lipinski definition) is 2. The molecule has 7 heteroatoms. The Bertz CT molecular complexity index is 434. The average Bonchev–Trinajstić information content (AvgIpc) is 2.86. The Balaban J connectivity index is 3.90. The van der Waals surface area contributed by atoms with Gasteiger partial charge in [0.2, 0.25) is 0 Å². The number of hydrogen-bond acceptors (Lipinski definition) is 6. The second-order valence-corrected chi connectivity index (χ2v) is 13.0. The van der Waals surface area contributed by atoms with Gasteiger partial charge in [0.25, 0.3) is 0 Å². The van der Waals surface area contributed by atoms with Crippen molar-refractivity contribution in [2.45, 2.75) is 185 Å². The van der Waals surface area contributed by atoms with Gasteiger partial charge in [0.1, 0.15) is 0 Å². The maximum atomic E-state index is 6.27. The van der Waals surface area contributed by atoms with E-state index in [0.29, 0.717) is 0 Å². The van der Waals surface area contributed by atoms with Crippen molar-refractivity contribution in [2.24, 2.45) is 0 Å². The maximum Gasteiger partial charge on any atom is 0.641 e. The number of thioether (sulfide) groups is 1. The quantitative estimate of drug-likeness (QED) is 0.0384. The van der Waals surface area contributed by atoms with E-state index >= 15 is 0 Å². The Morgan fingerprint density at radius 3 is 1.24 bits per heavy atom. The van der Waals surface area contributed by atoms with Gasteiger partial charge in [-0.1, -0.05) is 143 Å². The largest absolute Gasteiger partial charge is 0.641 e. The SMILES string of the molecule is CCCCCCCCCCCCCCCCCCSC(CCC)OB(OC(S)CCC)OC(S)CCC. The molecule has 0 aromatic carbocycles. The smallest absolute Gasteiger partial charge is 0.374 e. The number of unbranched alkanes of at least 4 members (excludes halogenated alkanes) is 15. The molecule has 3 unspecified atom stereocenters. The summed E-state index contributed by atoms with van der Waals surface area (Å²) in [4.78, 5) is 0. The molecule has 0 heterocycles. The molecule has 0 aliphatic rings. The van der Waals surface area contributed by atoms with Crippen LogP contribution in [-0.2, 0) is 14.0 Å². The van der Waals surface area contributed by atoms with Gasteiger partial charge < -0.3 is 14.0 Å². The molecule has 0 aromatic heterocycles. The van der Waals surface area contributed by atoms with Gasteiger partial charge in [-0.3, -0.25) is 0 Å². The fourth-order valence-electron chi connectivity index (χ4n) is 4.40. The first kappa shape index (κ1) is 38.0. The molecule has 0 saturated carbocycles. The molecule has 3 atom stereocenters. The van der Waals surface area contributed by atoms with Crippen molar-refractivity contribution in [1.82, 2.24) is 0 Å². The number of thiol groups is 2. The van der Waals surface area contributed by atoms with Crippen LogP contribution in [0.5, 0.6) is 0 Å². The second kappa shape index (κ2) is 30.0. The monoisotopic (exact) mass is 578 g/mol. The van der Waals surface area contributed by atoms with Gasteiger partial charge in [-0.05, 0) is 31.4 Å². The van der Waals surface area contributed by atoms with E-state index in [-0.39, 0.29) is 16.3 Å². The van der Waals surface area contributed by atoms with Crippen LogP contribution in [0.1, 0.15) is 169 Å². The summed E-state index contributed by atoms with van der Waals surface area (Å²) in [7, 11) is -0.696. The van der Waals surface area contributed by atoms with Gasteiger partial charge in [0.15, 0.2) is 0 Å². The fourth-order valence-corrected chi connectivity index (χ4v) is 6.32. The van der Waals surface area contributed by atoms with Crippen molar-refractivity contribution in [1.29, 1.82) is 0 Å². The predicted molar refractivity (Wildman–Crippen MR) is 175 cm³/mol. The van der Waals surface area contributed by atoms with E-state index in [4.69, 9.17) is 14.0 Å². The van der Waals surface area contributed by atoms with Gasteiger partial charge in [-0.25, -0.2) is 0 Å². The molecule has 0 spiro atoms. The molecular formula is C30H63BO3S3. The highest BCUT2D eigenvalue weighted by Crippen LogP contribution is 2.24. The van der Waals surface area contributed by atoms with E-state index < -0.39 is 7.32 Å². The average molecular weight is 579 g/mol. The minimum atomic E-state index is -0.696. The normalized spacial score (nSPS) is 14.1. The summed E-state index contributed by atoms with van der Waals surface area (Å²) in [5.74, 6) is 1.13. The van der Waals surface area contributed by atoms with Gasteiger partial charge in [-0.15, -0.1) is 37.0 Å². The lowest BCUT2D eigenvalue weighted by Crippen LogP contribution is -2.36. The lowest BCUT2D eigenvalue weighted by molar-refractivity contribution is 0.0640. The summed E-state index contributed by atoms with van der Waals surface area (Å²) in [6.07, 6.45) is 28.4. The zero-order valence-corrected chi connectivity index (χ0v) is 27.7. The molecule has 37 heavy (non-hydrogen) atoms. The van der Waals surface area contributed by atoms with Gasteiger partial charge in [-0.2, -0.15) is 0 Å². The van der Waals surface area contributed by atoms with E-state index in [1.807, 2.05) is 11.8 Å². The van der Waals surface area contributed by atoms with E-state index in [2.05, 4.69) is 53.0 Å². The van der Waals surface area contributed by atoms with Crippen LogP contribution in [0, 0.1) is 0 Å². The van der Waals surface area contributed by atoms with Crippen LogP contribution in [0.15, 0.2) is 0 Å². The maximum absolute atomic E-state index is 6.27. The molecule has 0 aromatic rings. The Hall–Kier alpha value is 0.995. The molecule has 0 aliphatic heterocycles. The first-order valence-electron chi connectivity index (χ1n) is 16.0. The molecule has 0 saturated heterocycles. The minimum absolute atomic E-state index is 0.0932. The van der Waals surface area contributed by atoms with Crippen LogP contribution in [-0.4, -0.2) is 29.4 Å². The Kier molecular flexibility index (Phi) is 30.8. The van der Waals surface area contributed by atoms with Crippen molar-refractivity contribution in [3.05, 3.63) is 0 Å². The second-order valence-electron chi connectivity index (χ2n) is 10.6. The standard InChI is InChI=1S/C30H63BO3S3/c1-5-9-10-11-12-13-14-15-16-17-18-19-20-21-22-23-27-37-30(26-8-4)34-31(32-28(35)24-6-2)33-29(36)25-7-3/h28-30,35-36H,5-27H2,1-4H3. The molecule has 0 rings (SSSR count). The lowest BCUT2D eigenvalue weighted by Gasteiger charge is -2.25. The van der Waals surface area contributed by atoms with E-state index in [1.165, 1.54) is 103 Å². The predicted octanol–water partition coefficient (Wildman–Crippen LogP) is 11.3. The zero-order chi connectivity index (χ0) is 27.4. The topological polar surface area (TPSA) is 27.7 Å². The Labute approximate surface area is 248 Å². The van der Waals surface area contributed by atoms with E-state index in [0.717, 1.165) is 44.3 Å². The van der Waals surface area contributed by atoms with Crippen molar-refractivity contribution >= 4 is 44.3 Å². The van der Waals surface area contributed by atoms with Crippen LogP contribution in [0.3, 0.4) is 0 Å². The summed E-state index contributed by atoms with van der Waals surface area (Å²) in [5.41, 5.74) is -0.259. The molecule has 0 N–H and O–H groups in total. The van der Waals surface area contributed by atoms with Crippen LogP contribution >= 0.6 is 37.0 Å². The first-order chi connectivity index (χ1) is 18.1. The summed E-state index contributed by atoms with van der Waals surface area (Å²) in [6.45, 7) is 8.77. The highest BCUT2D eigenvalue weighted by atomic mass is 32.2. The molecule has 0 fully saturated rings. The molecule has 222 valence electrons. The van der Waals surface area contributed by atoms with Crippen molar-refractivity contribution in [3.8, 4) is 0 Å². The van der Waals surface area contributed by atoms with Crippen LogP contribution < -0.4 is 0 Å². The minimum Gasteiger partial charge on any atom is -0.374 e. The van der Waals surface area contributed by atoms with E-state index in [1.54, 1.807) is 0 Å². The van der Waals surface area contributed by atoms with Crippen LogP contribution in [0.25, 0.3) is 0 Å². The van der Waals surface area contributed by atoms with Gasteiger partial charge >= 0.3 is 7.32 Å². The third-order valence-corrected chi connectivity index (χ3v) is 8.70. The molecule has 0 radical (unpaired) electrons. The highest BCUT2D eigenvalue weighted by Gasteiger charge is 2.30. The van der Waals surface area contributed by atoms with Crippen LogP contribution in [0.4, 0.5) is 0 Å². The number of rotatable bonds is 30. The zero-order valence-electron chi connectivity index (χ0n) is 25.1. The van der Waals surface area contributed by atoms with Gasteiger partial charge in [0, 0.05) is 0 Å². The van der Waals surface area contributed by atoms with Crippen molar-refractivity contribution in [2.75, 3.05) is 5.75 Å². The molecule has 0 amide bonds. The summed E-state index contributed by atoms with van der Waals surface area (Å²) in [5, 5.41) is 0. The summed E-state index contributed by atoms with van der Waals surface area (Å²) in [6, 6.07) is 0.